The maximum atomic E-state index is 12.9. The minimum absolute atomic E-state index is 0.0969. The van der Waals surface area contributed by atoms with Gasteiger partial charge in [0.1, 0.15) is 16.4 Å². The van der Waals surface area contributed by atoms with Gasteiger partial charge in [-0.05, 0) is 37.0 Å². The minimum Gasteiger partial charge on any atom is -0.344 e. The number of aromatic nitrogens is 2. The molecule has 0 bridgehead atoms. The first-order chi connectivity index (χ1) is 13.3. The Labute approximate surface area is 163 Å². The predicted octanol–water partition coefficient (Wildman–Crippen LogP) is 5.58. The molecular weight excluding hydrogens is 417 g/mol. The van der Waals surface area contributed by atoms with Crippen molar-refractivity contribution in [2.75, 3.05) is 0 Å². The summed E-state index contributed by atoms with van der Waals surface area (Å²) in [6.07, 6.45) is 2.67. The Balaban J connectivity index is 1.84. The van der Waals surface area contributed by atoms with Crippen molar-refractivity contribution >= 4 is 16.1 Å². The van der Waals surface area contributed by atoms with Gasteiger partial charge in [-0.25, -0.2) is 4.98 Å². The first-order valence-corrected chi connectivity index (χ1v) is 11.0. The third-order valence-corrected chi connectivity index (χ3v) is 5.73. The molecule has 2 N–H and O–H groups in total. The predicted molar refractivity (Wildman–Crippen MR) is 99.8 cm³/mol. The summed E-state index contributed by atoms with van der Waals surface area (Å²) in [7, 11) is -9.76. The van der Waals surface area contributed by atoms with Gasteiger partial charge in [-0.2, -0.15) is 0 Å². The van der Waals surface area contributed by atoms with E-state index in [2.05, 4.69) is 15.3 Å². The van der Waals surface area contributed by atoms with E-state index in [-0.39, 0.29) is 17.2 Å². The smallest absolute Gasteiger partial charge is 0.310 e. The van der Waals surface area contributed by atoms with Gasteiger partial charge in [0.05, 0.1) is 6.04 Å². The molecule has 0 aliphatic heterocycles. The molecule has 1 heterocycles. The number of nitrogens with zero attached hydrogens (tertiary/aromatic N) is 1. The highest BCUT2D eigenvalue weighted by atomic mass is 32.5. The van der Waals surface area contributed by atoms with Crippen molar-refractivity contribution in [1.82, 2.24) is 15.3 Å². The quantitative estimate of drug-likeness (QED) is 0.556. The van der Waals surface area contributed by atoms with Gasteiger partial charge in [0.2, 0.25) is 0 Å². The standard InChI is InChI=1S/C18H20F5N3O2S/c1-2-3-14(11-6-8-13(9-7-11)29(19,20,21,22)23)25-18(28)15-10-16(27)26-17(24-15)12-4-5-12/h6-10,12,14H,2-5H2,1H3,(H,25,28)(H,24,26,27)/t14-/m1/s1. The molecule has 3 rings (SSSR count). The summed E-state index contributed by atoms with van der Waals surface area (Å²) in [4.78, 5) is 29.1. The topological polar surface area (TPSA) is 74.8 Å². The molecule has 1 aliphatic carbocycles. The SMILES string of the molecule is CCC[C@@H](NC(=O)c1cc(=O)[nH]c(C2CC2)n1)c1ccc(S(F)(F)(F)(F)F)cc1. The Bertz CT molecular complexity index is 986. The van der Waals surface area contributed by atoms with Crippen molar-refractivity contribution in [3.05, 3.63) is 57.8 Å². The second kappa shape index (κ2) is 6.54. The van der Waals surface area contributed by atoms with Gasteiger partial charge in [0.25, 0.3) is 11.5 Å². The number of amides is 1. The van der Waals surface area contributed by atoms with Gasteiger partial charge in [-0.3, -0.25) is 9.59 Å². The molecule has 1 saturated carbocycles. The lowest BCUT2D eigenvalue weighted by Crippen LogP contribution is -2.30. The Hall–Kier alpha value is -2.43. The van der Waals surface area contributed by atoms with E-state index >= 15 is 0 Å². The lowest BCUT2D eigenvalue weighted by molar-refractivity contribution is 0.0928. The molecule has 11 heteroatoms. The van der Waals surface area contributed by atoms with Crippen molar-refractivity contribution in [3.8, 4) is 0 Å². The molecule has 1 aliphatic rings. The highest BCUT2D eigenvalue weighted by Crippen LogP contribution is 3.02. The van der Waals surface area contributed by atoms with E-state index in [1.807, 2.05) is 0 Å². The molecule has 0 unspecified atom stereocenters. The number of aromatic amines is 1. The van der Waals surface area contributed by atoms with Gasteiger partial charge in [-0.15, -0.1) is 0 Å². The van der Waals surface area contributed by atoms with Crippen LogP contribution in [0.4, 0.5) is 19.4 Å². The number of H-pyrrole nitrogens is 1. The summed E-state index contributed by atoms with van der Waals surface area (Å²) >= 11 is 0. The van der Waals surface area contributed by atoms with E-state index in [9.17, 15) is 29.0 Å². The highest BCUT2D eigenvalue weighted by Gasteiger charge is 2.65. The van der Waals surface area contributed by atoms with E-state index < -0.39 is 32.6 Å². The van der Waals surface area contributed by atoms with Crippen LogP contribution in [0.25, 0.3) is 0 Å². The first-order valence-electron chi connectivity index (χ1n) is 9.03. The van der Waals surface area contributed by atoms with Gasteiger partial charge in [0, 0.05) is 12.0 Å². The van der Waals surface area contributed by atoms with Gasteiger partial charge >= 0.3 is 10.2 Å². The molecule has 29 heavy (non-hydrogen) atoms. The number of carbonyl (C=O) groups excluding carboxylic acids is 1. The monoisotopic (exact) mass is 437 g/mol. The van der Waals surface area contributed by atoms with Crippen LogP contribution in [-0.2, 0) is 0 Å². The number of benzene rings is 1. The van der Waals surface area contributed by atoms with Crippen LogP contribution in [0.5, 0.6) is 0 Å². The Morgan fingerprint density at radius 3 is 2.34 bits per heavy atom. The molecule has 2 aromatic rings. The molecule has 1 fully saturated rings. The van der Waals surface area contributed by atoms with Crippen LogP contribution in [-0.4, -0.2) is 15.9 Å². The van der Waals surface area contributed by atoms with Crippen molar-refractivity contribution in [2.45, 2.75) is 49.5 Å². The van der Waals surface area contributed by atoms with Crippen molar-refractivity contribution in [2.24, 2.45) is 0 Å². The van der Waals surface area contributed by atoms with Crippen LogP contribution < -0.4 is 10.9 Å². The number of carbonyl (C=O) groups is 1. The summed E-state index contributed by atoms with van der Waals surface area (Å²) < 4.78 is 64.5. The van der Waals surface area contributed by atoms with Gasteiger partial charge in [-0.1, -0.05) is 44.9 Å². The average Bonchev–Trinajstić information content (AvgIpc) is 3.44. The van der Waals surface area contributed by atoms with Crippen LogP contribution >= 0.6 is 10.2 Å². The van der Waals surface area contributed by atoms with Crippen LogP contribution in [0.2, 0.25) is 0 Å². The van der Waals surface area contributed by atoms with E-state index in [0.29, 0.717) is 30.8 Å². The summed E-state index contributed by atoms with van der Waals surface area (Å²) in [6, 6.07) is 2.82. The largest absolute Gasteiger partial charge is 0.344 e. The van der Waals surface area contributed by atoms with Gasteiger partial charge < -0.3 is 10.3 Å². The normalized spacial score (nSPS) is 17.9. The first kappa shape index (κ1) is 21.3. The van der Waals surface area contributed by atoms with E-state index in [1.54, 1.807) is 6.92 Å². The fourth-order valence-electron chi connectivity index (χ4n) is 2.94. The Morgan fingerprint density at radius 2 is 1.83 bits per heavy atom. The van der Waals surface area contributed by atoms with E-state index in [1.165, 1.54) is 0 Å². The summed E-state index contributed by atoms with van der Waals surface area (Å²) in [5, 5.41) is 2.63. The third-order valence-electron chi connectivity index (χ3n) is 4.57. The van der Waals surface area contributed by atoms with E-state index in [0.717, 1.165) is 31.0 Å². The zero-order valence-corrected chi connectivity index (χ0v) is 16.2. The summed E-state index contributed by atoms with van der Waals surface area (Å²) in [5.41, 5.74) is -0.322. The summed E-state index contributed by atoms with van der Waals surface area (Å²) in [6.45, 7) is 1.80. The van der Waals surface area contributed by atoms with Crippen LogP contribution in [0.3, 0.4) is 0 Å². The third kappa shape index (κ3) is 5.34. The van der Waals surface area contributed by atoms with E-state index in [4.69, 9.17) is 0 Å². The molecule has 0 spiro atoms. The second-order valence-electron chi connectivity index (χ2n) is 7.14. The van der Waals surface area contributed by atoms with Crippen molar-refractivity contribution in [3.63, 3.8) is 0 Å². The molecular formula is C18H20F5N3O2S. The molecule has 160 valence electrons. The van der Waals surface area contributed by atoms with Crippen LogP contribution in [0.15, 0.2) is 40.0 Å². The number of hydrogen-bond acceptors (Lipinski definition) is 3. The molecule has 5 nitrogen and oxygen atoms in total. The zero-order valence-electron chi connectivity index (χ0n) is 15.4. The highest BCUT2D eigenvalue weighted by molar-refractivity contribution is 8.45. The number of rotatable bonds is 7. The van der Waals surface area contributed by atoms with Crippen LogP contribution in [0, 0.1) is 0 Å². The maximum absolute atomic E-state index is 12.9. The lowest BCUT2D eigenvalue weighted by atomic mass is 10.0. The average molecular weight is 437 g/mol. The number of halogens is 5. The van der Waals surface area contributed by atoms with Crippen molar-refractivity contribution in [1.29, 1.82) is 0 Å². The molecule has 1 amide bonds. The Morgan fingerprint density at radius 1 is 1.21 bits per heavy atom. The number of nitrogens with one attached hydrogen (secondary N) is 2. The molecule has 0 saturated heterocycles. The maximum Gasteiger partial charge on any atom is 0.310 e. The molecule has 1 aromatic carbocycles. The molecule has 1 atom stereocenters. The number of hydrogen-bond donors (Lipinski definition) is 2. The molecule has 0 radical (unpaired) electrons. The fourth-order valence-corrected chi connectivity index (χ4v) is 3.59. The summed E-state index contributed by atoms with van der Waals surface area (Å²) in [5.74, 6) is -0.121. The Kier molecular flexibility index (Phi) is 4.80. The fraction of sp³-hybridized carbons (Fsp3) is 0.389. The van der Waals surface area contributed by atoms with Crippen LogP contribution in [0.1, 0.15) is 66.4 Å². The molecule has 1 aromatic heterocycles. The minimum atomic E-state index is -9.76. The zero-order chi connectivity index (χ0) is 21.5. The lowest BCUT2D eigenvalue weighted by Gasteiger charge is -2.40. The van der Waals surface area contributed by atoms with Gasteiger partial charge in [0.15, 0.2) is 0 Å². The van der Waals surface area contributed by atoms with Crippen molar-refractivity contribution < 1.29 is 24.2 Å². The second-order valence-corrected chi connectivity index (χ2v) is 9.55.